The van der Waals surface area contributed by atoms with Gasteiger partial charge in [-0.3, -0.25) is 9.59 Å². The summed E-state index contributed by atoms with van der Waals surface area (Å²) in [6.07, 6.45) is 0.153. The number of aryl methyl sites for hydroxylation is 4. The number of hydrogen-bond donors (Lipinski definition) is 1. The Balaban J connectivity index is 1.48. The van der Waals surface area contributed by atoms with Gasteiger partial charge in [0.15, 0.2) is 0 Å². The van der Waals surface area contributed by atoms with Crippen LogP contribution in [0.15, 0.2) is 27.6 Å². The quantitative estimate of drug-likeness (QED) is 0.672. The van der Waals surface area contributed by atoms with Crippen molar-refractivity contribution in [2.24, 2.45) is 0 Å². The average Bonchev–Trinajstić information content (AvgIpc) is 3.09. The van der Waals surface area contributed by atoms with Crippen molar-refractivity contribution in [2.75, 3.05) is 26.2 Å². The summed E-state index contributed by atoms with van der Waals surface area (Å²) in [5.41, 5.74) is 3.16. The fraction of sp³-hybridized carbons (Fsp3) is 0.500. The SMILES string of the molecule is Cc1ccc(C)c(S(=O)(=O)N2CCN(C(=O)CCC(=O)NCc3c(C)noc3C)CC2)c1. The lowest BCUT2D eigenvalue weighted by Gasteiger charge is -2.34. The molecule has 0 spiro atoms. The van der Waals surface area contributed by atoms with Crippen molar-refractivity contribution >= 4 is 21.8 Å². The first-order valence-electron chi connectivity index (χ1n) is 10.6. The molecule has 1 aliphatic heterocycles. The maximum atomic E-state index is 13.0. The summed E-state index contributed by atoms with van der Waals surface area (Å²) >= 11 is 0. The van der Waals surface area contributed by atoms with Crippen LogP contribution >= 0.6 is 0 Å². The van der Waals surface area contributed by atoms with Crippen LogP contribution in [0, 0.1) is 27.7 Å². The maximum Gasteiger partial charge on any atom is 0.243 e. The van der Waals surface area contributed by atoms with Gasteiger partial charge in [-0.05, 0) is 44.9 Å². The lowest BCUT2D eigenvalue weighted by atomic mass is 10.2. The minimum atomic E-state index is -3.61. The molecule has 0 bridgehead atoms. The molecule has 2 amide bonds. The summed E-state index contributed by atoms with van der Waals surface area (Å²) < 4.78 is 32.5. The highest BCUT2D eigenvalue weighted by atomic mass is 32.2. The summed E-state index contributed by atoms with van der Waals surface area (Å²) in [6.45, 7) is 8.63. The third kappa shape index (κ3) is 5.36. The predicted octanol–water partition coefficient (Wildman–Crippen LogP) is 1.84. The lowest BCUT2D eigenvalue weighted by Crippen LogP contribution is -2.50. The highest BCUT2D eigenvalue weighted by Crippen LogP contribution is 2.22. The highest BCUT2D eigenvalue weighted by Gasteiger charge is 2.31. The van der Waals surface area contributed by atoms with Crippen LogP contribution in [0.2, 0.25) is 0 Å². The molecular weight excluding hydrogens is 432 g/mol. The van der Waals surface area contributed by atoms with E-state index in [1.165, 1.54) is 4.31 Å². The Labute approximate surface area is 188 Å². The van der Waals surface area contributed by atoms with E-state index in [-0.39, 0.29) is 37.7 Å². The molecule has 2 aromatic rings. The Hall–Kier alpha value is -2.72. The Kier molecular flexibility index (Phi) is 7.35. The Morgan fingerprint density at radius 3 is 2.38 bits per heavy atom. The minimum absolute atomic E-state index is 0.0726. The summed E-state index contributed by atoms with van der Waals surface area (Å²) in [4.78, 5) is 26.6. The molecule has 0 saturated carbocycles. The molecule has 32 heavy (non-hydrogen) atoms. The number of piperazine rings is 1. The van der Waals surface area contributed by atoms with E-state index in [4.69, 9.17) is 4.52 Å². The zero-order valence-electron chi connectivity index (χ0n) is 19.0. The molecule has 9 nitrogen and oxygen atoms in total. The summed E-state index contributed by atoms with van der Waals surface area (Å²) in [7, 11) is -3.61. The number of carbonyl (C=O) groups excluding carboxylic acids is 2. The van der Waals surface area contributed by atoms with Gasteiger partial charge in [-0.1, -0.05) is 17.3 Å². The normalized spacial score (nSPS) is 15.1. The molecular formula is C22H30N4O5S. The molecule has 1 saturated heterocycles. The summed E-state index contributed by atoms with van der Waals surface area (Å²) in [5.74, 6) is 0.281. The van der Waals surface area contributed by atoms with Crippen molar-refractivity contribution in [3.8, 4) is 0 Å². The van der Waals surface area contributed by atoms with E-state index in [2.05, 4.69) is 10.5 Å². The number of sulfonamides is 1. The summed E-state index contributed by atoms with van der Waals surface area (Å²) in [5, 5.41) is 6.63. The molecule has 1 fully saturated rings. The van der Waals surface area contributed by atoms with E-state index in [0.29, 0.717) is 35.9 Å². The third-order valence-electron chi connectivity index (χ3n) is 5.76. The molecule has 0 aliphatic carbocycles. The van der Waals surface area contributed by atoms with Gasteiger partial charge in [0, 0.05) is 51.1 Å². The van der Waals surface area contributed by atoms with Crippen LogP contribution in [0.5, 0.6) is 0 Å². The fourth-order valence-corrected chi connectivity index (χ4v) is 5.44. The van der Waals surface area contributed by atoms with E-state index < -0.39 is 10.0 Å². The van der Waals surface area contributed by atoms with Gasteiger partial charge in [0.1, 0.15) is 5.76 Å². The van der Waals surface area contributed by atoms with E-state index in [1.807, 2.05) is 19.9 Å². The first kappa shape index (κ1) is 23.9. The average molecular weight is 463 g/mol. The molecule has 2 heterocycles. The smallest absolute Gasteiger partial charge is 0.243 e. The fourth-order valence-electron chi connectivity index (χ4n) is 3.71. The summed E-state index contributed by atoms with van der Waals surface area (Å²) in [6, 6.07) is 5.37. The number of nitrogens with one attached hydrogen (secondary N) is 1. The molecule has 3 rings (SSSR count). The Morgan fingerprint density at radius 2 is 1.75 bits per heavy atom. The van der Waals surface area contributed by atoms with Gasteiger partial charge in [-0.15, -0.1) is 0 Å². The van der Waals surface area contributed by atoms with Crippen molar-refractivity contribution in [1.82, 2.24) is 19.7 Å². The van der Waals surface area contributed by atoms with Gasteiger partial charge in [-0.25, -0.2) is 8.42 Å². The lowest BCUT2D eigenvalue weighted by molar-refractivity contribution is -0.134. The van der Waals surface area contributed by atoms with Crippen LogP contribution < -0.4 is 5.32 Å². The second-order valence-corrected chi connectivity index (χ2v) is 10.0. The van der Waals surface area contributed by atoms with Gasteiger partial charge in [0.2, 0.25) is 21.8 Å². The maximum absolute atomic E-state index is 13.0. The zero-order chi connectivity index (χ0) is 23.5. The number of nitrogens with zero attached hydrogens (tertiary/aromatic N) is 3. The van der Waals surface area contributed by atoms with Gasteiger partial charge in [0.25, 0.3) is 0 Å². The van der Waals surface area contributed by atoms with Gasteiger partial charge >= 0.3 is 0 Å². The van der Waals surface area contributed by atoms with Crippen molar-refractivity contribution in [3.05, 3.63) is 46.3 Å². The number of carbonyl (C=O) groups is 2. The first-order valence-corrected chi connectivity index (χ1v) is 12.1. The third-order valence-corrected chi connectivity index (χ3v) is 7.80. The van der Waals surface area contributed by atoms with Crippen molar-refractivity contribution in [1.29, 1.82) is 0 Å². The van der Waals surface area contributed by atoms with Crippen molar-refractivity contribution < 1.29 is 22.5 Å². The minimum Gasteiger partial charge on any atom is -0.361 e. The van der Waals surface area contributed by atoms with Crippen molar-refractivity contribution in [3.63, 3.8) is 0 Å². The van der Waals surface area contributed by atoms with Crippen LogP contribution in [-0.2, 0) is 26.2 Å². The number of benzene rings is 1. The van der Waals surface area contributed by atoms with Gasteiger partial charge in [0.05, 0.1) is 10.6 Å². The molecule has 0 atom stereocenters. The Morgan fingerprint density at radius 1 is 1.06 bits per heavy atom. The molecule has 0 unspecified atom stereocenters. The van der Waals surface area contributed by atoms with Crippen LogP contribution in [0.1, 0.15) is 41.0 Å². The van der Waals surface area contributed by atoms with E-state index in [0.717, 1.165) is 16.8 Å². The highest BCUT2D eigenvalue weighted by molar-refractivity contribution is 7.89. The van der Waals surface area contributed by atoms with Crippen molar-refractivity contribution in [2.45, 2.75) is 52.0 Å². The number of aromatic nitrogens is 1. The molecule has 174 valence electrons. The predicted molar refractivity (Wildman–Crippen MR) is 118 cm³/mol. The molecule has 10 heteroatoms. The van der Waals surface area contributed by atoms with E-state index in [1.54, 1.807) is 30.9 Å². The van der Waals surface area contributed by atoms with Crippen LogP contribution in [0.25, 0.3) is 0 Å². The number of rotatable bonds is 7. The number of hydrogen-bond acceptors (Lipinski definition) is 6. The largest absolute Gasteiger partial charge is 0.361 e. The van der Waals surface area contributed by atoms with Crippen LogP contribution in [0.4, 0.5) is 0 Å². The zero-order valence-corrected chi connectivity index (χ0v) is 19.8. The topological polar surface area (TPSA) is 113 Å². The first-order chi connectivity index (χ1) is 15.1. The second kappa shape index (κ2) is 9.83. The molecule has 1 aliphatic rings. The molecule has 0 radical (unpaired) electrons. The van der Waals surface area contributed by atoms with Crippen LogP contribution in [-0.4, -0.2) is 60.8 Å². The molecule has 1 N–H and O–H groups in total. The number of amides is 2. The Bertz CT molecular complexity index is 1080. The van der Waals surface area contributed by atoms with E-state index >= 15 is 0 Å². The van der Waals surface area contributed by atoms with Gasteiger partial charge < -0.3 is 14.7 Å². The molecule has 1 aromatic heterocycles. The van der Waals surface area contributed by atoms with Gasteiger partial charge in [-0.2, -0.15) is 4.31 Å². The standard InChI is InChI=1S/C22H30N4O5S/c1-15-5-6-16(2)20(13-15)32(29,30)26-11-9-25(10-12-26)22(28)8-7-21(27)23-14-19-17(3)24-31-18(19)4/h5-6,13H,7-12,14H2,1-4H3,(H,23,27). The molecule has 1 aromatic carbocycles. The second-order valence-electron chi connectivity index (χ2n) is 8.13. The van der Waals surface area contributed by atoms with Crippen LogP contribution in [0.3, 0.4) is 0 Å². The van der Waals surface area contributed by atoms with E-state index in [9.17, 15) is 18.0 Å². The monoisotopic (exact) mass is 462 g/mol.